The van der Waals surface area contributed by atoms with Gasteiger partial charge in [-0.15, -0.1) is 0 Å². The smallest absolute Gasteiger partial charge is 0.352 e. The van der Waals surface area contributed by atoms with Crippen LogP contribution in [0.1, 0.15) is 21.6 Å². The largest absolute Gasteiger partial charge is 0.477 e. The maximum absolute atomic E-state index is 11.8. The van der Waals surface area contributed by atoms with E-state index >= 15 is 0 Å². The maximum atomic E-state index is 11.8. The summed E-state index contributed by atoms with van der Waals surface area (Å²) in [6.45, 7) is 2.31. The highest BCUT2D eigenvalue weighted by molar-refractivity contribution is 6.00. The number of carboxylic acid groups (broad SMARTS) is 1. The summed E-state index contributed by atoms with van der Waals surface area (Å²) in [4.78, 5) is 16.4. The monoisotopic (exact) mass is 366 g/mol. The van der Waals surface area contributed by atoms with Gasteiger partial charge in [-0.2, -0.15) is 0 Å². The summed E-state index contributed by atoms with van der Waals surface area (Å²) in [6, 6.07) is 21.2. The summed E-state index contributed by atoms with van der Waals surface area (Å²) in [5, 5.41) is 10.5. The van der Waals surface area contributed by atoms with Crippen molar-refractivity contribution in [2.75, 3.05) is 0 Å². The minimum atomic E-state index is -0.979. The number of pyridine rings is 1. The van der Waals surface area contributed by atoms with E-state index in [2.05, 4.69) is 22.9 Å². The van der Waals surface area contributed by atoms with E-state index in [0.29, 0.717) is 0 Å². The lowest BCUT2D eigenvalue weighted by Gasteiger charge is -2.06. The molecule has 0 spiro atoms. The van der Waals surface area contributed by atoms with Crippen molar-refractivity contribution in [3.8, 4) is 23.1 Å². The van der Waals surface area contributed by atoms with Crippen LogP contribution in [0, 0.1) is 18.8 Å². The first-order chi connectivity index (χ1) is 13.6. The molecule has 0 aliphatic heterocycles. The molecule has 136 valence electrons. The number of fused-ring (bicyclic) bond motifs is 1. The molecule has 0 aliphatic carbocycles. The molecule has 0 amide bonds. The lowest BCUT2D eigenvalue weighted by Crippen LogP contribution is -2.07. The van der Waals surface area contributed by atoms with E-state index in [0.717, 1.165) is 33.3 Å². The number of hydrogen-bond donors (Lipinski definition) is 1. The molecule has 2 aromatic carbocycles. The van der Waals surface area contributed by atoms with Crippen molar-refractivity contribution in [3.05, 3.63) is 89.7 Å². The molecule has 4 aromatic rings. The number of nitrogens with zero attached hydrogens (tertiary/aromatic N) is 2. The van der Waals surface area contributed by atoms with Crippen molar-refractivity contribution in [3.63, 3.8) is 0 Å². The van der Waals surface area contributed by atoms with E-state index in [4.69, 9.17) is 0 Å². The molecule has 0 fully saturated rings. The van der Waals surface area contributed by atoms with Gasteiger partial charge in [-0.25, -0.2) is 4.79 Å². The van der Waals surface area contributed by atoms with Crippen LogP contribution in [0.3, 0.4) is 0 Å². The highest BCUT2D eigenvalue weighted by Crippen LogP contribution is 2.29. The average Bonchev–Trinajstić information content (AvgIpc) is 3.08. The Morgan fingerprint density at radius 1 is 1.07 bits per heavy atom. The molecule has 0 aliphatic rings. The van der Waals surface area contributed by atoms with Gasteiger partial charge in [0, 0.05) is 22.7 Å². The molecule has 28 heavy (non-hydrogen) atoms. The summed E-state index contributed by atoms with van der Waals surface area (Å²) in [5.74, 6) is 5.20. The van der Waals surface area contributed by atoms with Gasteiger partial charge in [-0.05, 0) is 37.3 Å². The average molecular weight is 366 g/mol. The van der Waals surface area contributed by atoms with E-state index in [1.165, 1.54) is 0 Å². The van der Waals surface area contributed by atoms with Gasteiger partial charge in [-0.1, -0.05) is 53.8 Å². The molecule has 2 aromatic heterocycles. The second-order valence-corrected chi connectivity index (χ2v) is 6.55. The van der Waals surface area contributed by atoms with Crippen molar-refractivity contribution in [2.45, 2.75) is 13.5 Å². The van der Waals surface area contributed by atoms with Gasteiger partial charge in [0.25, 0.3) is 0 Å². The second-order valence-electron chi connectivity index (χ2n) is 6.55. The molecule has 4 nitrogen and oxygen atoms in total. The Hall–Kier alpha value is -3.84. The van der Waals surface area contributed by atoms with Gasteiger partial charge in [0.15, 0.2) is 0 Å². The zero-order valence-electron chi connectivity index (χ0n) is 15.4. The van der Waals surface area contributed by atoms with Gasteiger partial charge in [0.1, 0.15) is 5.69 Å². The summed E-state index contributed by atoms with van der Waals surface area (Å²) < 4.78 is 1.73. The van der Waals surface area contributed by atoms with E-state index < -0.39 is 5.97 Å². The first-order valence-corrected chi connectivity index (χ1v) is 8.96. The van der Waals surface area contributed by atoms with Crippen molar-refractivity contribution >= 4 is 16.9 Å². The lowest BCUT2D eigenvalue weighted by atomic mass is 10.1. The Kier molecular flexibility index (Phi) is 4.65. The van der Waals surface area contributed by atoms with Crippen LogP contribution < -0.4 is 0 Å². The van der Waals surface area contributed by atoms with Gasteiger partial charge < -0.3 is 9.67 Å². The van der Waals surface area contributed by atoms with Gasteiger partial charge in [0.2, 0.25) is 0 Å². The molecule has 0 unspecified atom stereocenters. The van der Waals surface area contributed by atoms with Crippen LogP contribution in [0.25, 0.3) is 22.2 Å². The van der Waals surface area contributed by atoms with E-state index in [-0.39, 0.29) is 12.2 Å². The van der Waals surface area contributed by atoms with Crippen LogP contribution in [0.15, 0.2) is 72.9 Å². The number of rotatable bonds is 3. The number of aromatic nitrogens is 2. The van der Waals surface area contributed by atoms with E-state index in [1.807, 2.05) is 61.5 Å². The van der Waals surface area contributed by atoms with Crippen molar-refractivity contribution < 1.29 is 9.90 Å². The zero-order valence-corrected chi connectivity index (χ0v) is 15.4. The van der Waals surface area contributed by atoms with Crippen LogP contribution in [0.5, 0.6) is 0 Å². The van der Waals surface area contributed by atoms with Crippen LogP contribution >= 0.6 is 0 Å². The van der Waals surface area contributed by atoms with Gasteiger partial charge in [0.05, 0.1) is 17.8 Å². The molecule has 1 N–H and O–H groups in total. The highest BCUT2D eigenvalue weighted by Gasteiger charge is 2.17. The normalized spacial score (nSPS) is 10.5. The Balaban J connectivity index is 1.82. The lowest BCUT2D eigenvalue weighted by molar-refractivity contribution is 0.0686. The highest BCUT2D eigenvalue weighted by atomic mass is 16.4. The molecule has 0 atom stereocenters. The SMILES string of the molecule is Cc1cccc(-c2nccc3c2cc(C(=O)O)n3CC#Cc2ccccc2)c1. The van der Waals surface area contributed by atoms with Gasteiger partial charge in [-0.3, -0.25) is 4.98 Å². The third-order valence-electron chi connectivity index (χ3n) is 4.58. The van der Waals surface area contributed by atoms with Crippen LogP contribution in [-0.2, 0) is 6.54 Å². The Bertz CT molecular complexity index is 1230. The molecule has 0 bridgehead atoms. The van der Waals surface area contributed by atoms with Crippen molar-refractivity contribution in [1.82, 2.24) is 9.55 Å². The van der Waals surface area contributed by atoms with Crippen LogP contribution in [-0.4, -0.2) is 20.6 Å². The van der Waals surface area contributed by atoms with Crippen LogP contribution in [0.2, 0.25) is 0 Å². The Labute approximate surface area is 163 Å². The second kappa shape index (κ2) is 7.42. The number of hydrogen-bond acceptors (Lipinski definition) is 2. The quantitative estimate of drug-likeness (QED) is 0.532. The minimum Gasteiger partial charge on any atom is -0.477 e. The topological polar surface area (TPSA) is 55.1 Å². The van der Waals surface area contributed by atoms with Crippen molar-refractivity contribution in [2.24, 2.45) is 0 Å². The first kappa shape index (κ1) is 17.6. The number of aromatic carboxylic acids is 1. The maximum Gasteiger partial charge on any atom is 0.352 e. The third kappa shape index (κ3) is 3.38. The molecule has 0 saturated carbocycles. The molecule has 2 heterocycles. The predicted molar refractivity (Wildman–Crippen MR) is 110 cm³/mol. The summed E-state index contributed by atoms with van der Waals surface area (Å²) in [7, 11) is 0. The fraction of sp³-hybridized carbons (Fsp3) is 0.0833. The summed E-state index contributed by atoms with van der Waals surface area (Å²) in [6.07, 6.45) is 1.72. The zero-order chi connectivity index (χ0) is 19.5. The summed E-state index contributed by atoms with van der Waals surface area (Å²) in [5.41, 5.74) is 4.79. The predicted octanol–water partition coefficient (Wildman–Crippen LogP) is 4.76. The molecule has 0 saturated heterocycles. The third-order valence-corrected chi connectivity index (χ3v) is 4.58. The fourth-order valence-corrected chi connectivity index (χ4v) is 3.30. The molecular weight excluding hydrogens is 348 g/mol. The Morgan fingerprint density at radius 3 is 2.64 bits per heavy atom. The minimum absolute atomic E-state index is 0.208. The summed E-state index contributed by atoms with van der Waals surface area (Å²) >= 11 is 0. The molecule has 4 heteroatoms. The number of benzene rings is 2. The fourth-order valence-electron chi connectivity index (χ4n) is 3.30. The van der Waals surface area contributed by atoms with E-state index in [1.54, 1.807) is 16.8 Å². The van der Waals surface area contributed by atoms with Gasteiger partial charge >= 0.3 is 5.97 Å². The number of carboxylic acids is 1. The number of carbonyl (C=O) groups is 1. The van der Waals surface area contributed by atoms with E-state index in [9.17, 15) is 9.90 Å². The molecule has 4 rings (SSSR count). The van der Waals surface area contributed by atoms with Crippen LogP contribution in [0.4, 0.5) is 0 Å². The molecule has 0 radical (unpaired) electrons. The standard InChI is InChI=1S/C24H18N2O2/c1-17-7-5-11-19(15-17)23-20-16-22(24(27)28)26(21(20)12-13-25-23)14-6-10-18-8-3-2-4-9-18/h2-5,7-9,11-13,15-16H,14H2,1H3,(H,27,28). The molecular formula is C24H18N2O2. The Morgan fingerprint density at radius 2 is 1.89 bits per heavy atom. The first-order valence-electron chi connectivity index (χ1n) is 8.96. The van der Waals surface area contributed by atoms with Crippen molar-refractivity contribution in [1.29, 1.82) is 0 Å². The number of aryl methyl sites for hydroxylation is 1.